The third kappa shape index (κ3) is 3.98. The van der Waals surface area contributed by atoms with Crippen molar-refractivity contribution in [3.8, 4) is 0 Å². The Labute approximate surface area is 131 Å². The van der Waals surface area contributed by atoms with E-state index in [4.69, 9.17) is 0 Å². The first-order valence-electron chi connectivity index (χ1n) is 7.37. The first-order valence-corrected chi connectivity index (χ1v) is 8.81. The standard InChI is InChI=1S/C15H23N3O3S/c1-11(12-8-9-12)17-15(19)16-10-13-6-4-5-7-14(13)22(20,21)18(2)3/h4-7,11-12H,8-10H2,1-3H3,(H2,16,17,19). The summed E-state index contributed by atoms with van der Waals surface area (Å²) >= 11 is 0. The Morgan fingerprint density at radius 2 is 1.95 bits per heavy atom. The van der Waals surface area contributed by atoms with E-state index in [1.807, 2.05) is 6.92 Å². The molecule has 1 unspecified atom stereocenters. The first-order chi connectivity index (χ1) is 10.3. The Hall–Kier alpha value is -1.60. The Bertz CT molecular complexity index is 639. The van der Waals surface area contributed by atoms with Crippen LogP contribution in [0.25, 0.3) is 0 Å². The van der Waals surface area contributed by atoms with Gasteiger partial charge in [0.15, 0.2) is 0 Å². The van der Waals surface area contributed by atoms with Gasteiger partial charge in [-0.1, -0.05) is 18.2 Å². The van der Waals surface area contributed by atoms with Gasteiger partial charge in [0.05, 0.1) is 4.90 Å². The molecule has 1 aromatic carbocycles. The molecule has 1 atom stereocenters. The third-order valence-corrected chi connectivity index (χ3v) is 5.77. The average Bonchev–Trinajstić information content (AvgIpc) is 3.29. The molecule has 0 aliphatic heterocycles. The number of hydrogen-bond acceptors (Lipinski definition) is 3. The van der Waals surface area contributed by atoms with Crippen LogP contribution in [0.3, 0.4) is 0 Å². The van der Waals surface area contributed by atoms with Gasteiger partial charge in [0.25, 0.3) is 0 Å². The van der Waals surface area contributed by atoms with Crippen molar-refractivity contribution in [3.05, 3.63) is 29.8 Å². The number of carbonyl (C=O) groups excluding carboxylic acids is 1. The number of sulfonamides is 1. The minimum absolute atomic E-state index is 0.153. The summed E-state index contributed by atoms with van der Waals surface area (Å²) in [6.45, 7) is 2.16. The van der Waals surface area contributed by atoms with E-state index in [1.54, 1.807) is 24.3 Å². The summed E-state index contributed by atoms with van der Waals surface area (Å²) < 4.78 is 25.7. The van der Waals surface area contributed by atoms with Crippen LogP contribution in [-0.2, 0) is 16.6 Å². The van der Waals surface area contributed by atoms with Crippen LogP contribution in [0.5, 0.6) is 0 Å². The molecule has 1 fully saturated rings. The average molecular weight is 325 g/mol. The van der Waals surface area contributed by atoms with Crippen LogP contribution >= 0.6 is 0 Å². The summed E-state index contributed by atoms with van der Waals surface area (Å²) in [5.41, 5.74) is 0.574. The van der Waals surface area contributed by atoms with E-state index in [2.05, 4.69) is 10.6 Å². The molecule has 1 saturated carbocycles. The van der Waals surface area contributed by atoms with Crippen molar-refractivity contribution in [2.75, 3.05) is 14.1 Å². The minimum atomic E-state index is -3.52. The van der Waals surface area contributed by atoms with Gasteiger partial charge < -0.3 is 10.6 Å². The zero-order valence-electron chi connectivity index (χ0n) is 13.2. The lowest BCUT2D eigenvalue weighted by molar-refractivity contribution is 0.236. The molecule has 0 heterocycles. The molecule has 122 valence electrons. The Morgan fingerprint density at radius 1 is 1.32 bits per heavy atom. The summed E-state index contributed by atoms with van der Waals surface area (Å²) in [5.74, 6) is 0.576. The summed E-state index contributed by atoms with van der Waals surface area (Å²) in [6.07, 6.45) is 2.32. The maximum atomic E-state index is 12.3. The molecule has 2 N–H and O–H groups in total. The molecule has 0 aromatic heterocycles. The Balaban J connectivity index is 2.02. The monoisotopic (exact) mass is 325 g/mol. The molecule has 0 bridgehead atoms. The van der Waals surface area contributed by atoms with Crippen LogP contribution < -0.4 is 10.6 Å². The number of urea groups is 1. The molecule has 22 heavy (non-hydrogen) atoms. The highest BCUT2D eigenvalue weighted by Gasteiger charge is 2.29. The normalized spacial score (nSPS) is 16.4. The molecule has 0 spiro atoms. The summed E-state index contributed by atoms with van der Waals surface area (Å²) in [6, 6.07) is 6.58. The van der Waals surface area contributed by atoms with E-state index in [0.29, 0.717) is 11.5 Å². The lowest BCUT2D eigenvalue weighted by atomic mass is 10.2. The first kappa shape index (κ1) is 16.8. The largest absolute Gasteiger partial charge is 0.335 e. The highest BCUT2D eigenvalue weighted by molar-refractivity contribution is 7.89. The molecule has 0 saturated heterocycles. The van der Waals surface area contributed by atoms with E-state index in [9.17, 15) is 13.2 Å². The van der Waals surface area contributed by atoms with Crippen molar-refractivity contribution in [2.24, 2.45) is 5.92 Å². The molecular weight excluding hydrogens is 302 g/mol. The molecule has 7 heteroatoms. The molecule has 1 aromatic rings. The molecular formula is C15H23N3O3S. The van der Waals surface area contributed by atoms with Gasteiger partial charge >= 0.3 is 6.03 Å². The number of nitrogens with zero attached hydrogens (tertiary/aromatic N) is 1. The highest BCUT2D eigenvalue weighted by atomic mass is 32.2. The molecule has 1 aliphatic rings. The lowest BCUT2D eigenvalue weighted by Crippen LogP contribution is -2.41. The molecule has 2 rings (SSSR count). The van der Waals surface area contributed by atoms with E-state index < -0.39 is 10.0 Å². The minimum Gasteiger partial charge on any atom is -0.335 e. The SMILES string of the molecule is CC(NC(=O)NCc1ccccc1S(=O)(=O)N(C)C)C1CC1. The van der Waals surface area contributed by atoms with Crippen LogP contribution in [-0.4, -0.2) is 38.9 Å². The summed E-state index contributed by atoms with van der Waals surface area (Å²) in [4.78, 5) is 12.1. The van der Waals surface area contributed by atoms with Gasteiger partial charge in [-0.15, -0.1) is 0 Å². The maximum Gasteiger partial charge on any atom is 0.315 e. The van der Waals surface area contributed by atoms with Gasteiger partial charge in [0.2, 0.25) is 10.0 Å². The predicted octanol–water partition coefficient (Wildman–Crippen LogP) is 1.53. The third-order valence-electron chi connectivity index (χ3n) is 3.86. The number of nitrogens with one attached hydrogen (secondary N) is 2. The molecule has 6 nitrogen and oxygen atoms in total. The summed E-state index contributed by atoms with van der Waals surface area (Å²) in [5, 5.41) is 5.61. The number of rotatable bonds is 6. The van der Waals surface area contributed by atoms with E-state index in [0.717, 1.165) is 12.8 Å². The Kier molecular flexibility index (Phi) is 5.08. The number of hydrogen-bond donors (Lipinski definition) is 2. The molecule has 1 aliphatic carbocycles. The topological polar surface area (TPSA) is 78.5 Å². The molecule has 2 amide bonds. The van der Waals surface area contributed by atoms with Gasteiger partial charge in [-0.2, -0.15) is 0 Å². The fraction of sp³-hybridized carbons (Fsp3) is 0.533. The van der Waals surface area contributed by atoms with E-state index in [1.165, 1.54) is 18.4 Å². The number of benzene rings is 1. The quantitative estimate of drug-likeness (QED) is 0.832. The van der Waals surface area contributed by atoms with Gasteiger partial charge in [-0.05, 0) is 37.3 Å². The van der Waals surface area contributed by atoms with Crippen molar-refractivity contribution in [2.45, 2.75) is 37.2 Å². The fourth-order valence-corrected chi connectivity index (χ4v) is 3.36. The number of carbonyl (C=O) groups is 1. The van der Waals surface area contributed by atoms with Crippen LogP contribution in [0.15, 0.2) is 29.2 Å². The van der Waals surface area contributed by atoms with Gasteiger partial charge in [-0.3, -0.25) is 0 Å². The predicted molar refractivity (Wildman–Crippen MR) is 84.9 cm³/mol. The summed E-state index contributed by atoms with van der Waals surface area (Å²) in [7, 11) is -0.541. The Morgan fingerprint density at radius 3 is 2.55 bits per heavy atom. The van der Waals surface area contributed by atoms with Gasteiger partial charge in [-0.25, -0.2) is 17.5 Å². The van der Waals surface area contributed by atoms with Crippen molar-refractivity contribution < 1.29 is 13.2 Å². The van der Waals surface area contributed by atoms with E-state index in [-0.39, 0.29) is 23.5 Å². The second kappa shape index (κ2) is 6.66. The fourth-order valence-electron chi connectivity index (χ4n) is 2.25. The van der Waals surface area contributed by atoms with Crippen molar-refractivity contribution in [1.29, 1.82) is 0 Å². The number of amides is 2. The second-order valence-corrected chi connectivity index (χ2v) is 7.97. The van der Waals surface area contributed by atoms with Gasteiger partial charge in [0, 0.05) is 26.7 Å². The van der Waals surface area contributed by atoms with Crippen LogP contribution in [0.1, 0.15) is 25.3 Å². The zero-order valence-corrected chi connectivity index (χ0v) is 14.0. The van der Waals surface area contributed by atoms with Crippen LogP contribution in [0.2, 0.25) is 0 Å². The van der Waals surface area contributed by atoms with Crippen molar-refractivity contribution in [1.82, 2.24) is 14.9 Å². The van der Waals surface area contributed by atoms with Crippen LogP contribution in [0, 0.1) is 5.92 Å². The molecule has 0 radical (unpaired) electrons. The van der Waals surface area contributed by atoms with E-state index >= 15 is 0 Å². The van der Waals surface area contributed by atoms with Crippen molar-refractivity contribution in [3.63, 3.8) is 0 Å². The highest BCUT2D eigenvalue weighted by Crippen LogP contribution is 2.32. The van der Waals surface area contributed by atoms with Gasteiger partial charge in [0.1, 0.15) is 0 Å². The van der Waals surface area contributed by atoms with Crippen molar-refractivity contribution >= 4 is 16.1 Å². The smallest absolute Gasteiger partial charge is 0.315 e. The lowest BCUT2D eigenvalue weighted by Gasteiger charge is -2.17. The van der Waals surface area contributed by atoms with Crippen LogP contribution in [0.4, 0.5) is 4.79 Å². The maximum absolute atomic E-state index is 12.3. The zero-order chi connectivity index (χ0) is 16.3. The second-order valence-electron chi connectivity index (χ2n) is 5.85.